The van der Waals surface area contributed by atoms with E-state index in [1.54, 1.807) is 0 Å². The van der Waals surface area contributed by atoms with Crippen LogP contribution in [0.3, 0.4) is 0 Å². The van der Waals surface area contributed by atoms with Gasteiger partial charge in [-0.15, -0.1) is 10.2 Å². The average molecular weight is 533 g/mol. The summed E-state index contributed by atoms with van der Waals surface area (Å²) in [6.07, 6.45) is -8.21. The van der Waals surface area contributed by atoms with Gasteiger partial charge >= 0.3 is 24.3 Å². The highest BCUT2D eigenvalue weighted by molar-refractivity contribution is 5.84. The van der Waals surface area contributed by atoms with E-state index < -0.39 is 24.3 Å². The Morgan fingerprint density at radius 2 is 1.54 bits per heavy atom. The number of aromatic nitrogens is 3. The summed E-state index contributed by atoms with van der Waals surface area (Å²) in [7, 11) is 2.20. The Hall–Kier alpha value is -3.88. The third-order valence-electron chi connectivity index (χ3n) is 5.70. The van der Waals surface area contributed by atoms with Gasteiger partial charge < -0.3 is 25.0 Å². The van der Waals surface area contributed by atoms with E-state index in [1.165, 1.54) is 11.9 Å². The van der Waals surface area contributed by atoms with Gasteiger partial charge in [0.1, 0.15) is 0 Å². The van der Waals surface area contributed by atoms with Crippen LogP contribution in [0.5, 0.6) is 0 Å². The van der Waals surface area contributed by atoms with E-state index in [2.05, 4.69) is 68.4 Å². The lowest BCUT2D eigenvalue weighted by Crippen LogP contribution is -2.56. The molecule has 37 heavy (non-hydrogen) atoms. The number of hydrogen-bond donors (Lipinski definition) is 3. The topological polar surface area (TPSA) is 123 Å². The first kappa shape index (κ1) is 27.7. The molecule has 9 nitrogen and oxygen atoms in total. The second kappa shape index (κ2) is 10.6. The van der Waals surface area contributed by atoms with E-state index in [4.69, 9.17) is 19.8 Å². The number of rotatable bonds is 2. The summed E-state index contributed by atoms with van der Waals surface area (Å²) in [6.45, 7) is 3.46. The van der Waals surface area contributed by atoms with E-state index >= 15 is 0 Å². The Kier molecular flexibility index (Phi) is 7.95. The van der Waals surface area contributed by atoms with Crippen molar-refractivity contribution >= 4 is 28.7 Å². The van der Waals surface area contributed by atoms with Crippen molar-refractivity contribution in [2.75, 3.05) is 31.6 Å². The maximum atomic E-state index is 10.6. The van der Waals surface area contributed by atoms with Crippen LogP contribution < -0.4 is 4.90 Å². The number of fused-ring (bicyclic) bond motifs is 2. The van der Waals surface area contributed by atoms with Crippen LogP contribution >= 0.6 is 0 Å². The van der Waals surface area contributed by atoms with Gasteiger partial charge in [0.25, 0.3) is 0 Å². The van der Waals surface area contributed by atoms with Gasteiger partial charge in [-0.2, -0.15) is 26.3 Å². The van der Waals surface area contributed by atoms with Crippen LogP contribution in [0.15, 0.2) is 42.6 Å². The number of nitrogens with one attached hydrogen (secondary N) is 1. The molecule has 2 unspecified atom stereocenters. The van der Waals surface area contributed by atoms with Crippen LogP contribution in [0.25, 0.3) is 22.2 Å². The molecule has 200 valence electrons. The van der Waals surface area contributed by atoms with Crippen LogP contribution in [0, 0.1) is 5.92 Å². The van der Waals surface area contributed by atoms with Gasteiger partial charge in [-0.05, 0) is 37.4 Å². The minimum atomic E-state index is -5.08. The van der Waals surface area contributed by atoms with Crippen molar-refractivity contribution in [3.63, 3.8) is 0 Å². The first-order valence-corrected chi connectivity index (χ1v) is 10.6. The fraction of sp³-hybridized carbons (Fsp3) is 0.364. The molecular formula is C22H21F6N5O4. The average Bonchev–Trinajstić information content (AvgIpc) is 3.38. The first-order valence-electron chi connectivity index (χ1n) is 10.6. The quantitative estimate of drug-likeness (QED) is 0.427. The number of carboxylic acid groups (broad SMARTS) is 2. The maximum absolute atomic E-state index is 10.6. The standard InChI is InChI=1S/C18H19N5.2C2HF3O2/c1-22-9-14-10-23(17(14)11-22)18-5-4-16(20-21-18)12-2-3-15-13(8-12)6-7-19-15;2*3-2(4,5)1(6)7/h2-8,14,17,19H,9-11H2,1H3;2*(H,6,7). The number of carbonyl (C=O) groups is 2. The molecule has 2 saturated heterocycles. The van der Waals surface area contributed by atoms with Crippen LogP contribution in [0.1, 0.15) is 0 Å². The number of benzene rings is 1. The summed E-state index contributed by atoms with van der Waals surface area (Å²) in [6, 6.07) is 13.2. The van der Waals surface area contributed by atoms with Gasteiger partial charge in [0.15, 0.2) is 5.82 Å². The number of carboxylic acids is 2. The number of aliphatic carboxylic acids is 2. The third-order valence-corrected chi connectivity index (χ3v) is 5.70. The highest BCUT2D eigenvalue weighted by atomic mass is 19.4. The summed E-state index contributed by atoms with van der Waals surface area (Å²) in [4.78, 5) is 25.8. The van der Waals surface area contributed by atoms with E-state index in [9.17, 15) is 26.3 Å². The zero-order valence-corrected chi connectivity index (χ0v) is 19.1. The number of alkyl halides is 6. The van der Waals surface area contributed by atoms with Gasteiger partial charge in [0.05, 0.1) is 5.69 Å². The summed E-state index contributed by atoms with van der Waals surface area (Å²) in [5, 5.41) is 24.4. The molecule has 0 bridgehead atoms. The lowest BCUT2D eigenvalue weighted by atomic mass is 9.92. The first-order chi connectivity index (χ1) is 17.2. The highest BCUT2D eigenvalue weighted by Crippen LogP contribution is 2.35. The molecule has 0 amide bonds. The monoisotopic (exact) mass is 533 g/mol. The Morgan fingerprint density at radius 3 is 2.05 bits per heavy atom. The lowest BCUT2D eigenvalue weighted by molar-refractivity contribution is -0.193. The second-order valence-electron chi connectivity index (χ2n) is 8.36. The van der Waals surface area contributed by atoms with Crippen molar-refractivity contribution in [3.8, 4) is 11.3 Å². The van der Waals surface area contributed by atoms with Gasteiger partial charge in [0.2, 0.25) is 0 Å². The van der Waals surface area contributed by atoms with Gasteiger partial charge in [-0.1, -0.05) is 6.07 Å². The number of likely N-dealkylation sites (N-methyl/N-ethyl adjacent to an activating group) is 1. The molecule has 15 heteroatoms. The smallest absolute Gasteiger partial charge is 0.475 e. The highest BCUT2D eigenvalue weighted by Gasteiger charge is 2.45. The number of likely N-dealkylation sites (tertiary alicyclic amines) is 1. The molecule has 1 aromatic carbocycles. The second-order valence-corrected chi connectivity index (χ2v) is 8.36. The van der Waals surface area contributed by atoms with E-state index in [0.717, 1.165) is 41.6 Å². The minimum absolute atomic E-state index is 0.622. The normalized spacial score (nSPS) is 19.2. The van der Waals surface area contributed by atoms with Crippen LogP contribution in [0.2, 0.25) is 0 Å². The molecule has 0 spiro atoms. The number of aromatic amines is 1. The molecule has 0 saturated carbocycles. The fourth-order valence-corrected chi connectivity index (χ4v) is 3.96. The van der Waals surface area contributed by atoms with Crippen LogP contribution in [-0.4, -0.2) is 87.3 Å². The molecular weight excluding hydrogens is 512 g/mol. The molecule has 2 atom stereocenters. The number of nitrogens with zero attached hydrogens (tertiary/aromatic N) is 4. The predicted octanol–water partition coefficient (Wildman–Crippen LogP) is 3.64. The fourth-order valence-electron chi connectivity index (χ4n) is 3.96. The minimum Gasteiger partial charge on any atom is -0.475 e. The molecule has 3 aromatic rings. The molecule has 5 rings (SSSR count). The van der Waals surface area contributed by atoms with E-state index in [1.807, 2.05) is 6.20 Å². The van der Waals surface area contributed by atoms with Crippen molar-refractivity contribution in [1.29, 1.82) is 0 Å². The molecule has 2 fully saturated rings. The lowest BCUT2D eigenvalue weighted by Gasteiger charge is -2.44. The molecule has 4 heterocycles. The summed E-state index contributed by atoms with van der Waals surface area (Å²) in [5.74, 6) is -3.70. The molecule has 2 aliphatic rings. The molecule has 2 aliphatic heterocycles. The number of halogens is 6. The molecule has 0 radical (unpaired) electrons. The summed E-state index contributed by atoms with van der Waals surface area (Å²) < 4.78 is 63.5. The summed E-state index contributed by atoms with van der Waals surface area (Å²) in [5.41, 5.74) is 3.19. The third kappa shape index (κ3) is 6.87. The van der Waals surface area contributed by atoms with E-state index in [-0.39, 0.29) is 0 Å². The Bertz CT molecular complexity index is 1220. The largest absolute Gasteiger partial charge is 0.490 e. The zero-order valence-electron chi connectivity index (χ0n) is 19.1. The van der Waals surface area contributed by atoms with Crippen molar-refractivity contribution < 1.29 is 46.1 Å². The van der Waals surface area contributed by atoms with Crippen molar-refractivity contribution in [3.05, 3.63) is 42.6 Å². The van der Waals surface area contributed by atoms with Crippen LogP contribution in [0.4, 0.5) is 32.2 Å². The Balaban J connectivity index is 0.000000227. The van der Waals surface area contributed by atoms with Crippen molar-refractivity contribution in [2.24, 2.45) is 5.92 Å². The predicted molar refractivity (Wildman–Crippen MR) is 119 cm³/mol. The Morgan fingerprint density at radius 1 is 0.919 bits per heavy atom. The van der Waals surface area contributed by atoms with Gasteiger partial charge in [-0.25, -0.2) is 9.59 Å². The van der Waals surface area contributed by atoms with Crippen LogP contribution in [-0.2, 0) is 9.59 Å². The number of H-pyrrole nitrogens is 1. The number of anilines is 1. The SMILES string of the molecule is CN1CC2CN(c3ccc(-c4ccc5[nH]ccc5c4)nn3)C2C1.O=C(O)C(F)(F)F.O=C(O)C(F)(F)F. The maximum Gasteiger partial charge on any atom is 0.490 e. The van der Waals surface area contributed by atoms with E-state index in [0.29, 0.717) is 6.04 Å². The van der Waals surface area contributed by atoms with Crippen molar-refractivity contribution in [1.82, 2.24) is 20.1 Å². The molecule has 0 aliphatic carbocycles. The summed E-state index contributed by atoms with van der Waals surface area (Å²) >= 11 is 0. The molecule has 2 aromatic heterocycles. The molecule has 3 N–H and O–H groups in total. The Labute approximate surface area is 205 Å². The zero-order chi connectivity index (χ0) is 27.5. The number of hydrogen-bond acceptors (Lipinski definition) is 6. The van der Waals surface area contributed by atoms with Gasteiger partial charge in [-0.3, -0.25) is 0 Å². The van der Waals surface area contributed by atoms with Gasteiger partial charge in [0, 0.05) is 54.3 Å². The van der Waals surface area contributed by atoms with Crippen molar-refractivity contribution in [2.45, 2.75) is 18.4 Å².